The number of hydrogen-bond acceptors (Lipinski definition) is 3. The molecule has 1 fully saturated rings. The van der Waals surface area contributed by atoms with Gasteiger partial charge >= 0.3 is 5.97 Å². The summed E-state index contributed by atoms with van der Waals surface area (Å²) in [6.07, 6.45) is 5.35. The van der Waals surface area contributed by atoms with Crippen LogP contribution in [0.2, 0.25) is 0 Å². The number of nitrogens with one attached hydrogen (secondary N) is 1. The second kappa shape index (κ2) is 6.02. The first-order chi connectivity index (χ1) is 6.74. The smallest absolute Gasteiger partial charge is 0.319 e. The summed E-state index contributed by atoms with van der Waals surface area (Å²) in [4.78, 5) is 10.9. The summed E-state index contributed by atoms with van der Waals surface area (Å²) in [5.74, 6) is 1.37. The predicted octanol–water partition coefficient (Wildman–Crippen LogP) is 1.58. The van der Waals surface area contributed by atoms with Gasteiger partial charge in [0.25, 0.3) is 0 Å². The van der Waals surface area contributed by atoms with Crippen LogP contribution in [0.25, 0.3) is 0 Å². The van der Waals surface area contributed by atoms with Crippen molar-refractivity contribution in [3.63, 3.8) is 0 Å². The molecule has 2 unspecified atom stereocenters. The molecule has 0 spiro atoms. The molecule has 1 N–H and O–H groups in total. The molecule has 82 valence electrons. The molecule has 0 bridgehead atoms. The fourth-order valence-electron chi connectivity index (χ4n) is 2.13. The Hall–Kier alpha value is -0.570. The maximum absolute atomic E-state index is 10.9. The predicted molar refractivity (Wildman–Crippen MR) is 56.0 cm³/mol. The van der Waals surface area contributed by atoms with Gasteiger partial charge in [0.1, 0.15) is 0 Å². The molecule has 1 aliphatic carbocycles. The van der Waals surface area contributed by atoms with Crippen LogP contribution in [0, 0.1) is 11.8 Å². The van der Waals surface area contributed by atoms with Crippen LogP contribution in [0.15, 0.2) is 0 Å². The van der Waals surface area contributed by atoms with Gasteiger partial charge in [0.05, 0.1) is 13.7 Å². The highest BCUT2D eigenvalue weighted by Crippen LogP contribution is 2.28. The van der Waals surface area contributed by atoms with E-state index in [9.17, 15) is 4.79 Å². The average molecular weight is 199 g/mol. The molecular formula is C11H21NO2. The Kier molecular flexibility index (Phi) is 4.94. The second-order valence-corrected chi connectivity index (χ2v) is 4.23. The molecule has 0 heterocycles. The van der Waals surface area contributed by atoms with E-state index in [-0.39, 0.29) is 5.97 Å². The minimum absolute atomic E-state index is 0.173. The highest BCUT2D eigenvalue weighted by atomic mass is 16.5. The normalized spacial score (nSPS) is 27.3. The molecule has 0 aromatic carbocycles. The van der Waals surface area contributed by atoms with E-state index in [4.69, 9.17) is 0 Å². The van der Waals surface area contributed by atoms with E-state index in [1.807, 2.05) is 0 Å². The topological polar surface area (TPSA) is 38.3 Å². The number of hydrogen-bond donors (Lipinski definition) is 1. The third-order valence-corrected chi connectivity index (χ3v) is 3.19. The molecule has 14 heavy (non-hydrogen) atoms. The number of carbonyl (C=O) groups excluding carboxylic acids is 1. The van der Waals surface area contributed by atoms with Gasteiger partial charge in [-0.25, -0.2) is 0 Å². The monoisotopic (exact) mass is 199 g/mol. The molecule has 2 atom stereocenters. The van der Waals surface area contributed by atoms with Crippen LogP contribution in [0.5, 0.6) is 0 Å². The van der Waals surface area contributed by atoms with E-state index in [1.165, 1.54) is 32.8 Å². The highest BCUT2D eigenvalue weighted by molar-refractivity contribution is 5.71. The fourth-order valence-corrected chi connectivity index (χ4v) is 2.13. The van der Waals surface area contributed by atoms with Gasteiger partial charge in [-0.15, -0.1) is 0 Å². The van der Waals surface area contributed by atoms with Crippen molar-refractivity contribution in [3.8, 4) is 0 Å². The standard InChI is InChI=1S/C11H21NO2/c1-9-5-3-4-6-10(9)7-12-8-11(13)14-2/h9-10,12H,3-8H2,1-2H3. The van der Waals surface area contributed by atoms with Crippen molar-refractivity contribution in [3.05, 3.63) is 0 Å². The van der Waals surface area contributed by atoms with Gasteiger partial charge < -0.3 is 10.1 Å². The molecule has 1 saturated carbocycles. The zero-order valence-electron chi connectivity index (χ0n) is 9.21. The van der Waals surface area contributed by atoms with E-state index < -0.39 is 0 Å². The van der Waals surface area contributed by atoms with Crippen molar-refractivity contribution in [1.29, 1.82) is 0 Å². The Morgan fingerprint density at radius 1 is 1.43 bits per heavy atom. The Balaban J connectivity index is 2.13. The molecule has 1 rings (SSSR count). The van der Waals surface area contributed by atoms with Gasteiger partial charge in [-0.05, 0) is 24.8 Å². The first kappa shape index (κ1) is 11.5. The molecule has 0 aromatic rings. The van der Waals surface area contributed by atoms with E-state index in [1.54, 1.807) is 0 Å². The van der Waals surface area contributed by atoms with Crippen LogP contribution < -0.4 is 5.32 Å². The number of rotatable bonds is 4. The average Bonchev–Trinajstić information content (AvgIpc) is 2.20. The third kappa shape index (κ3) is 3.66. The zero-order chi connectivity index (χ0) is 10.4. The van der Waals surface area contributed by atoms with Crippen molar-refractivity contribution in [2.45, 2.75) is 32.6 Å². The Morgan fingerprint density at radius 2 is 2.14 bits per heavy atom. The van der Waals surface area contributed by atoms with Gasteiger partial charge in [0.15, 0.2) is 0 Å². The van der Waals surface area contributed by atoms with Crippen LogP contribution in [-0.4, -0.2) is 26.2 Å². The molecule has 0 aromatic heterocycles. The minimum Gasteiger partial charge on any atom is -0.468 e. The SMILES string of the molecule is COC(=O)CNCC1CCCCC1C. The summed E-state index contributed by atoms with van der Waals surface area (Å²) >= 11 is 0. The van der Waals surface area contributed by atoms with Crippen LogP contribution in [-0.2, 0) is 9.53 Å². The summed E-state index contributed by atoms with van der Waals surface area (Å²) in [5, 5.41) is 3.16. The lowest BCUT2D eigenvalue weighted by molar-refractivity contribution is -0.139. The van der Waals surface area contributed by atoms with Crippen LogP contribution in [0.4, 0.5) is 0 Å². The van der Waals surface area contributed by atoms with Crippen molar-refractivity contribution in [2.75, 3.05) is 20.2 Å². The molecule has 1 aliphatic rings. The third-order valence-electron chi connectivity index (χ3n) is 3.19. The van der Waals surface area contributed by atoms with E-state index in [0.29, 0.717) is 6.54 Å². The van der Waals surface area contributed by atoms with Crippen LogP contribution in [0.3, 0.4) is 0 Å². The van der Waals surface area contributed by atoms with Gasteiger partial charge in [-0.2, -0.15) is 0 Å². The molecule has 0 saturated heterocycles. The molecule has 3 heteroatoms. The molecule has 0 radical (unpaired) electrons. The van der Waals surface area contributed by atoms with Crippen molar-refractivity contribution >= 4 is 5.97 Å². The van der Waals surface area contributed by atoms with Gasteiger partial charge in [0, 0.05) is 0 Å². The Bertz CT molecular complexity index is 182. The van der Waals surface area contributed by atoms with Crippen LogP contribution in [0.1, 0.15) is 32.6 Å². The van der Waals surface area contributed by atoms with E-state index in [0.717, 1.165) is 18.4 Å². The van der Waals surface area contributed by atoms with Gasteiger partial charge in [-0.3, -0.25) is 4.79 Å². The lowest BCUT2D eigenvalue weighted by atomic mass is 9.80. The maximum atomic E-state index is 10.9. The number of ether oxygens (including phenoxy) is 1. The van der Waals surface area contributed by atoms with Crippen molar-refractivity contribution < 1.29 is 9.53 Å². The number of carbonyl (C=O) groups is 1. The van der Waals surface area contributed by atoms with Gasteiger partial charge in [0.2, 0.25) is 0 Å². The molecule has 0 amide bonds. The molecular weight excluding hydrogens is 178 g/mol. The summed E-state index contributed by atoms with van der Waals surface area (Å²) < 4.78 is 4.57. The second-order valence-electron chi connectivity index (χ2n) is 4.23. The first-order valence-corrected chi connectivity index (χ1v) is 5.51. The quantitative estimate of drug-likeness (QED) is 0.698. The summed E-state index contributed by atoms with van der Waals surface area (Å²) in [7, 11) is 1.42. The largest absolute Gasteiger partial charge is 0.468 e. The summed E-state index contributed by atoms with van der Waals surface area (Å²) in [6, 6.07) is 0. The van der Waals surface area contributed by atoms with Crippen molar-refractivity contribution in [2.24, 2.45) is 11.8 Å². The minimum atomic E-state index is -0.173. The number of methoxy groups -OCH3 is 1. The summed E-state index contributed by atoms with van der Waals surface area (Å²) in [6.45, 7) is 3.61. The van der Waals surface area contributed by atoms with Crippen LogP contribution >= 0.6 is 0 Å². The molecule has 3 nitrogen and oxygen atoms in total. The van der Waals surface area contributed by atoms with E-state index in [2.05, 4.69) is 17.0 Å². The Morgan fingerprint density at radius 3 is 2.79 bits per heavy atom. The van der Waals surface area contributed by atoms with E-state index >= 15 is 0 Å². The van der Waals surface area contributed by atoms with Gasteiger partial charge in [-0.1, -0.05) is 26.2 Å². The zero-order valence-corrected chi connectivity index (χ0v) is 9.21. The number of esters is 1. The lowest BCUT2D eigenvalue weighted by Crippen LogP contribution is -2.32. The fraction of sp³-hybridized carbons (Fsp3) is 0.909. The Labute approximate surface area is 86.2 Å². The first-order valence-electron chi connectivity index (χ1n) is 5.51. The maximum Gasteiger partial charge on any atom is 0.319 e. The van der Waals surface area contributed by atoms with Crippen molar-refractivity contribution in [1.82, 2.24) is 5.32 Å². The lowest BCUT2D eigenvalue weighted by Gasteiger charge is -2.28. The summed E-state index contributed by atoms with van der Waals surface area (Å²) in [5.41, 5.74) is 0. The highest BCUT2D eigenvalue weighted by Gasteiger charge is 2.20. The molecule has 0 aliphatic heterocycles.